The SMILES string of the molecule is C=C/C=C(\C(N)=NCC)C(C)C. The molecule has 0 aliphatic heterocycles. The predicted molar refractivity (Wildman–Crippen MR) is 55.3 cm³/mol. The van der Waals surface area contributed by atoms with Crippen molar-refractivity contribution in [2.75, 3.05) is 6.54 Å². The van der Waals surface area contributed by atoms with Gasteiger partial charge in [0.15, 0.2) is 0 Å². The van der Waals surface area contributed by atoms with Gasteiger partial charge in [0.25, 0.3) is 0 Å². The fourth-order valence-electron chi connectivity index (χ4n) is 0.962. The van der Waals surface area contributed by atoms with Crippen molar-refractivity contribution in [3.8, 4) is 0 Å². The number of amidine groups is 1. The molecule has 0 aliphatic carbocycles. The molecule has 0 rings (SSSR count). The minimum atomic E-state index is 0.401. The van der Waals surface area contributed by atoms with Gasteiger partial charge >= 0.3 is 0 Å². The zero-order valence-electron chi connectivity index (χ0n) is 8.17. The molecule has 0 radical (unpaired) electrons. The lowest BCUT2D eigenvalue weighted by molar-refractivity contribution is 0.799. The first-order valence-electron chi connectivity index (χ1n) is 4.26. The molecule has 0 aromatic carbocycles. The van der Waals surface area contributed by atoms with Crippen LogP contribution in [-0.2, 0) is 0 Å². The Labute approximate surface area is 74.9 Å². The lowest BCUT2D eigenvalue weighted by atomic mass is 10.0. The van der Waals surface area contributed by atoms with Crippen LogP contribution in [0.3, 0.4) is 0 Å². The van der Waals surface area contributed by atoms with Crippen LogP contribution in [0.1, 0.15) is 20.8 Å². The molecule has 0 aromatic heterocycles. The first-order valence-corrected chi connectivity index (χ1v) is 4.26. The molecule has 0 heterocycles. The molecule has 2 heteroatoms. The first-order chi connectivity index (χ1) is 5.63. The van der Waals surface area contributed by atoms with Crippen LogP contribution in [0.2, 0.25) is 0 Å². The van der Waals surface area contributed by atoms with Crippen LogP contribution in [-0.4, -0.2) is 12.4 Å². The van der Waals surface area contributed by atoms with Crippen molar-refractivity contribution in [2.24, 2.45) is 16.6 Å². The Kier molecular flexibility index (Phi) is 5.09. The van der Waals surface area contributed by atoms with Crippen molar-refractivity contribution >= 4 is 5.84 Å². The summed E-state index contributed by atoms with van der Waals surface area (Å²) in [5, 5.41) is 0. The van der Waals surface area contributed by atoms with Crippen molar-refractivity contribution in [2.45, 2.75) is 20.8 Å². The average molecular weight is 166 g/mol. The summed E-state index contributed by atoms with van der Waals surface area (Å²) in [4.78, 5) is 4.14. The molecule has 68 valence electrons. The zero-order valence-corrected chi connectivity index (χ0v) is 8.17. The van der Waals surface area contributed by atoms with Crippen LogP contribution in [0.25, 0.3) is 0 Å². The second-order valence-electron chi connectivity index (χ2n) is 2.87. The number of nitrogens with zero attached hydrogens (tertiary/aromatic N) is 1. The summed E-state index contributed by atoms with van der Waals surface area (Å²) in [5.41, 5.74) is 6.81. The molecule has 0 unspecified atom stereocenters. The Morgan fingerprint density at radius 1 is 1.58 bits per heavy atom. The van der Waals surface area contributed by atoms with Crippen LogP contribution in [0, 0.1) is 5.92 Å². The van der Waals surface area contributed by atoms with E-state index in [0.717, 1.165) is 12.1 Å². The van der Waals surface area contributed by atoms with Gasteiger partial charge in [-0.3, -0.25) is 4.99 Å². The Balaban J connectivity index is 4.63. The van der Waals surface area contributed by atoms with E-state index in [4.69, 9.17) is 5.73 Å². The summed E-state index contributed by atoms with van der Waals surface area (Å²) >= 11 is 0. The molecule has 0 aromatic rings. The molecule has 0 aliphatic rings. The Morgan fingerprint density at radius 3 is 2.50 bits per heavy atom. The highest BCUT2D eigenvalue weighted by Gasteiger charge is 2.05. The molecule has 2 N–H and O–H groups in total. The number of rotatable bonds is 4. The molecule has 0 fully saturated rings. The van der Waals surface area contributed by atoms with Crippen molar-refractivity contribution in [3.05, 3.63) is 24.3 Å². The van der Waals surface area contributed by atoms with Gasteiger partial charge in [0.1, 0.15) is 5.84 Å². The fraction of sp³-hybridized carbons (Fsp3) is 0.500. The number of hydrogen-bond donors (Lipinski definition) is 1. The molecule has 0 saturated carbocycles. The normalized spacial score (nSPS) is 13.7. The predicted octanol–water partition coefficient (Wildman–Crippen LogP) is 2.13. The van der Waals surface area contributed by atoms with Gasteiger partial charge in [-0.15, -0.1) is 0 Å². The topological polar surface area (TPSA) is 38.4 Å². The van der Waals surface area contributed by atoms with E-state index in [1.165, 1.54) is 0 Å². The first kappa shape index (κ1) is 11.0. The van der Waals surface area contributed by atoms with Gasteiger partial charge in [-0.2, -0.15) is 0 Å². The van der Waals surface area contributed by atoms with E-state index in [1.54, 1.807) is 6.08 Å². The number of allylic oxidation sites excluding steroid dienone is 2. The van der Waals surface area contributed by atoms with Gasteiger partial charge in [-0.25, -0.2) is 0 Å². The quantitative estimate of drug-likeness (QED) is 0.388. The number of aliphatic imine (C=N–C) groups is 1. The van der Waals surface area contributed by atoms with E-state index < -0.39 is 0 Å². The third-order valence-corrected chi connectivity index (χ3v) is 1.54. The van der Waals surface area contributed by atoms with Crippen LogP contribution >= 0.6 is 0 Å². The van der Waals surface area contributed by atoms with Crippen LogP contribution in [0.5, 0.6) is 0 Å². The molecule has 0 amide bonds. The second kappa shape index (κ2) is 5.58. The smallest absolute Gasteiger partial charge is 0.121 e. The molecule has 0 spiro atoms. The maximum Gasteiger partial charge on any atom is 0.121 e. The van der Waals surface area contributed by atoms with Crippen molar-refractivity contribution < 1.29 is 0 Å². The Bertz CT molecular complexity index is 200. The minimum absolute atomic E-state index is 0.401. The zero-order chi connectivity index (χ0) is 9.56. The summed E-state index contributed by atoms with van der Waals surface area (Å²) < 4.78 is 0. The van der Waals surface area contributed by atoms with E-state index in [1.807, 2.05) is 13.0 Å². The van der Waals surface area contributed by atoms with Crippen molar-refractivity contribution in [1.82, 2.24) is 0 Å². The summed E-state index contributed by atoms with van der Waals surface area (Å²) in [6, 6.07) is 0. The van der Waals surface area contributed by atoms with Gasteiger partial charge in [0, 0.05) is 6.54 Å². The maximum atomic E-state index is 5.75. The lowest BCUT2D eigenvalue weighted by Crippen LogP contribution is -2.18. The highest BCUT2D eigenvalue weighted by atomic mass is 14.8. The summed E-state index contributed by atoms with van der Waals surface area (Å²) in [6.07, 6.45) is 3.66. The van der Waals surface area contributed by atoms with Crippen LogP contribution < -0.4 is 5.73 Å². The van der Waals surface area contributed by atoms with E-state index in [9.17, 15) is 0 Å². The highest BCUT2D eigenvalue weighted by molar-refractivity contribution is 5.97. The third kappa shape index (κ3) is 3.37. The molecule has 0 atom stereocenters. The second-order valence-corrected chi connectivity index (χ2v) is 2.87. The summed E-state index contributed by atoms with van der Waals surface area (Å²) in [7, 11) is 0. The van der Waals surface area contributed by atoms with E-state index >= 15 is 0 Å². The average Bonchev–Trinajstić information content (AvgIpc) is 1.99. The molecule has 12 heavy (non-hydrogen) atoms. The largest absolute Gasteiger partial charge is 0.384 e. The third-order valence-electron chi connectivity index (χ3n) is 1.54. The van der Waals surface area contributed by atoms with Gasteiger partial charge in [0.2, 0.25) is 0 Å². The van der Waals surface area contributed by atoms with Crippen molar-refractivity contribution in [3.63, 3.8) is 0 Å². The standard InChI is InChI=1S/C10H18N2/c1-5-7-9(8(3)4)10(11)12-6-2/h5,7-8H,1,6H2,2-4H3,(H2,11,12)/b9-7-. The lowest BCUT2D eigenvalue weighted by Gasteiger charge is -2.09. The van der Waals surface area contributed by atoms with Gasteiger partial charge in [-0.1, -0.05) is 32.6 Å². The minimum Gasteiger partial charge on any atom is -0.384 e. The van der Waals surface area contributed by atoms with Crippen LogP contribution in [0.15, 0.2) is 29.3 Å². The van der Waals surface area contributed by atoms with E-state index in [0.29, 0.717) is 11.8 Å². The molecule has 2 nitrogen and oxygen atoms in total. The highest BCUT2D eigenvalue weighted by Crippen LogP contribution is 2.09. The van der Waals surface area contributed by atoms with Crippen LogP contribution in [0.4, 0.5) is 0 Å². The maximum absolute atomic E-state index is 5.75. The van der Waals surface area contributed by atoms with Gasteiger partial charge in [0.05, 0.1) is 0 Å². The number of hydrogen-bond acceptors (Lipinski definition) is 1. The van der Waals surface area contributed by atoms with Crippen molar-refractivity contribution in [1.29, 1.82) is 0 Å². The fourth-order valence-corrected chi connectivity index (χ4v) is 0.962. The Morgan fingerprint density at radius 2 is 2.17 bits per heavy atom. The van der Waals surface area contributed by atoms with E-state index in [-0.39, 0.29) is 0 Å². The van der Waals surface area contributed by atoms with Gasteiger partial charge < -0.3 is 5.73 Å². The molecule has 0 bridgehead atoms. The summed E-state index contributed by atoms with van der Waals surface area (Å²) in [5.74, 6) is 1.03. The van der Waals surface area contributed by atoms with E-state index in [2.05, 4.69) is 25.4 Å². The summed E-state index contributed by atoms with van der Waals surface area (Å²) in [6.45, 7) is 10.5. The number of nitrogens with two attached hydrogens (primary N) is 1. The molecular formula is C10H18N2. The van der Waals surface area contributed by atoms with Gasteiger partial charge in [-0.05, 0) is 18.4 Å². The monoisotopic (exact) mass is 166 g/mol. The Hall–Kier alpha value is -1.05. The molecule has 0 saturated heterocycles. The molecular weight excluding hydrogens is 148 g/mol.